The van der Waals surface area contributed by atoms with E-state index in [4.69, 9.17) is 4.74 Å². The number of likely N-dealkylation sites (tertiary alicyclic amines) is 2. The summed E-state index contributed by atoms with van der Waals surface area (Å²) in [6.45, 7) is 4.55. The highest BCUT2D eigenvalue weighted by molar-refractivity contribution is 5.78. The van der Waals surface area contributed by atoms with Crippen LogP contribution in [0, 0.1) is 0 Å². The van der Waals surface area contributed by atoms with Crippen LogP contribution in [-0.2, 0) is 4.74 Å². The summed E-state index contributed by atoms with van der Waals surface area (Å²) in [5.41, 5.74) is -0.0691. The van der Waals surface area contributed by atoms with Crippen LogP contribution in [-0.4, -0.2) is 89.9 Å². The zero-order chi connectivity index (χ0) is 19.7. The highest BCUT2D eigenvalue weighted by Crippen LogP contribution is 2.35. The number of rotatable bonds is 4. The van der Waals surface area contributed by atoms with Crippen molar-refractivity contribution in [2.75, 3.05) is 39.5 Å². The van der Waals surface area contributed by atoms with E-state index in [0.29, 0.717) is 31.2 Å². The summed E-state index contributed by atoms with van der Waals surface area (Å²) in [7, 11) is 0. The molecule has 3 amide bonds. The van der Waals surface area contributed by atoms with Crippen molar-refractivity contribution in [1.29, 1.82) is 0 Å². The van der Waals surface area contributed by atoms with Crippen LogP contribution < -0.4 is 5.32 Å². The maximum atomic E-state index is 12.6. The van der Waals surface area contributed by atoms with Gasteiger partial charge in [0.15, 0.2) is 0 Å². The highest BCUT2D eigenvalue weighted by Gasteiger charge is 2.47. The number of carbonyl (C=O) groups excluding carboxylic acids is 2. The van der Waals surface area contributed by atoms with Gasteiger partial charge in [0.25, 0.3) is 0 Å². The molecule has 8 heteroatoms. The second-order valence-electron chi connectivity index (χ2n) is 9.01. The molecule has 3 saturated heterocycles. The minimum Gasteiger partial charge on any atom is -0.447 e. The molecule has 1 N–H and O–H groups in total. The predicted molar refractivity (Wildman–Crippen MR) is 103 cm³/mol. The number of halogens is 1. The number of amides is 3. The molecule has 0 aromatic heterocycles. The van der Waals surface area contributed by atoms with Crippen LogP contribution in [0.1, 0.15) is 51.9 Å². The largest absolute Gasteiger partial charge is 0.447 e. The average Bonchev–Trinajstić information content (AvgIpc) is 3.26. The predicted octanol–water partition coefficient (Wildman–Crippen LogP) is 2.36. The summed E-state index contributed by atoms with van der Waals surface area (Å²) in [6, 6.07) is 1.17. The topological polar surface area (TPSA) is 65.1 Å². The van der Waals surface area contributed by atoms with Gasteiger partial charge in [-0.15, -0.1) is 0 Å². The van der Waals surface area contributed by atoms with E-state index in [0.717, 1.165) is 45.2 Å². The maximum Gasteiger partial charge on any atom is 0.409 e. The van der Waals surface area contributed by atoms with Crippen LogP contribution in [0.2, 0.25) is 0 Å². The van der Waals surface area contributed by atoms with E-state index in [-0.39, 0.29) is 18.2 Å². The van der Waals surface area contributed by atoms with Gasteiger partial charge in [-0.3, -0.25) is 4.90 Å². The molecule has 3 atom stereocenters. The Hall–Kier alpha value is -1.57. The second-order valence-corrected chi connectivity index (χ2v) is 9.01. The van der Waals surface area contributed by atoms with Gasteiger partial charge in [0.1, 0.15) is 13.3 Å². The zero-order valence-electron chi connectivity index (χ0n) is 16.9. The Morgan fingerprint density at radius 1 is 1.21 bits per heavy atom. The molecule has 4 rings (SSSR count). The van der Waals surface area contributed by atoms with E-state index >= 15 is 0 Å². The molecule has 0 bridgehead atoms. The number of hydrogen-bond acceptors (Lipinski definition) is 4. The molecule has 1 saturated carbocycles. The molecule has 0 spiro atoms. The first-order valence-corrected chi connectivity index (χ1v) is 10.8. The minimum absolute atomic E-state index is 0.0691. The Kier molecular flexibility index (Phi) is 5.67. The van der Waals surface area contributed by atoms with Crippen LogP contribution >= 0.6 is 0 Å². The number of ether oxygens (including phenoxy) is 1. The maximum absolute atomic E-state index is 12.6. The SMILES string of the molecule is CC1(N2CCC(N3C(=O)N[C@H]4CCCC[C@@H]43)CC2)CCN(C(=O)OCCF)C1. The number of alkyl halides is 1. The summed E-state index contributed by atoms with van der Waals surface area (Å²) in [4.78, 5) is 30.9. The first kappa shape index (κ1) is 19.7. The molecular formula is C20H33FN4O3. The fourth-order valence-electron chi connectivity index (χ4n) is 5.69. The molecule has 0 aromatic carbocycles. The van der Waals surface area contributed by atoms with Gasteiger partial charge in [-0.2, -0.15) is 0 Å². The Bertz CT molecular complexity index is 598. The number of piperidine rings is 1. The highest BCUT2D eigenvalue weighted by atomic mass is 19.1. The number of carbonyl (C=O) groups is 2. The smallest absolute Gasteiger partial charge is 0.409 e. The number of nitrogens with one attached hydrogen (secondary N) is 1. The van der Waals surface area contributed by atoms with Crippen molar-refractivity contribution in [3.63, 3.8) is 0 Å². The first-order chi connectivity index (χ1) is 13.5. The monoisotopic (exact) mass is 396 g/mol. The van der Waals surface area contributed by atoms with Crippen LogP contribution in [0.5, 0.6) is 0 Å². The summed E-state index contributed by atoms with van der Waals surface area (Å²) < 4.78 is 17.2. The molecule has 7 nitrogen and oxygen atoms in total. The van der Waals surface area contributed by atoms with Crippen LogP contribution in [0.3, 0.4) is 0 Å². The van der Waals surface area contributed by atoms with E-state index < -0.39 is 12.8 Å². The lowest BCUT2D eigenvalue weighted by molar-refractivity contribution is 0.0420. The Labute approximate surface area is 166 Å². The van der Waals surface area contributed by atoms with Gasteiger partial charge in [0.05, 0.1) is 12.1 Å². The molecule has 1 aliphatic carbocycles. The Morgan fingerprint density at radius 3 is 2.71 bits per heavy atom. The molecule has 28 heavy (non-hydrogen) atoms. The molecule has 0 radical (unpaired) electrons. The third kappa shape index (κ3) is 3.67. The van der Waals surface area contributed by atoms with E-state index in [1.165, 1.54) is 12.8 Å². The van der Waals surface area contributed by atoms with E-state index in [9.17, 15) is 14.0 Å². The van der Waals surface area contributed by atoms with Crippen molar-refractivity contribution < 1.29 is 18.7 Å². The summed E-state index contributed by atoms with van der Waals surface area (Å²) in [6.07, 6.45) is 7.13. The van der Waals surface area contributed by atoms with Crippen molar-refractivity contribution in [3.8, 4) is 0 Å². The van der Waals surface area contributed by atoms with Crippen molar-refractivity contribution in [3.05, 3.63) is 0 Å². The number of hydrogen-bond donors (Lipinski definition) is 1. The minimum atomic E-state index is -0.643. The van der Waals surface area contributed by atoms with Crippen LogP contribution in [0.25, 0.3) is 0 Å². The van der Waals surface area contributed by atoms with Gasteiger partial charge in [-0.25, -0.2) is 14.0 Å². The quantitative estimate of drug-likeness (QED) is 0.792. The molecule has 4 aliphatic rings. The van der Waals surface area contributed by atoms with Crippen LogP contribution in [0.15, 0.2) is 0 Å². The van der Waals surface area contributed by atoms with Gasteiger partial charge in [-0.05, 0) is 39.0 Å². The van der Waals surface area contributed by atoms with Crippen LogP contribution in [0.4, 0.5) is 14.0 Å². The summed E-state index contributed by atoms with van der Waals surface area (Å²) in [5, 5.41) is 3.20. The molecule has 3 heterocycles. The lowest BCUT2D eigenvalue weighted by atomic mass is 9.88. The summed E-state index contributed by atoms with van der Waals surface area (Å²) >= 11 is 0. The lowest BCUT2D eigenvalue weighted by Crippen LogP contribution is -2.56. The van der Waals surface area contributed by atoms with Gasteiger partial charge >= 0.3 is 12.1 Å². The number of urea groups is 1. The van der Waals surface area contributed by atoms with Crippen molar-refractivity contribution in [2.45, 2.75) is 75.5 Å². The molecule has 4 fully saturated rings. The number of fused-ring (bicyclic) bond motifs is 1. The van der Waals surface area contributed by atoms with Crippen molar-refractivity contribution in [1.82, 2.24) is 20.0 Å². The number of nitrogens with zero attached hydrogens (tertiary/aromatic N) is 3. The van der Waals surface area contributed by atoms with E-state index in [1.54, 1.807) is 4.90 Å². The molecule has 3 aliphatic heterocycles. The van der Waals surface area contributed by atoms with Gasteiger partial charge in [-0.1, -0.05) is 12.8 Å². The standard InChI is InChI=1S/C20H33FN4O3/c1-20(8-12-23(14-20)19(27)28-13-9-21)24-10-6-15(7-11-24)25-17-5-3-2-4-16(17)22-18(25)26/h15-17H,2-14H2,1H3,(H,22,26)/t16-,17-,20?/m0/s1. The van der Waals surface area contributed by atoms with E-state index in [1.807, 2.05) is 0 Å². The molecule has 158 valence electrons. The lowest BCUT2D eigenvalue weighted by Gasteiger charge is -2.45. The Morgan fingerprint density at radius 2 is 1.96 bits per heavy atom. The first-order valence-electron chi connectivity index (χ1n) is 10.8. The second kappa shape index (κ2) is 8.05. The normalized spacial score (nSPS) is 34.4. The average molecular weight is 397 g/mol. The van der Waals surface area contributed by atoms with Gasteiger partial charge in [0, 0.05) is 37.8 Å². The summed E-state index contributed by atoms with van der Waals surface area (Å²) in [5.74, 6) is 0. The zero-order valence-corrected chi connectivity index (χ0v) is 16.9. The Balaban J connectivity index is 1.32. The molecule has 1 unspecified atom stereocenters. The van der Waals surface area contributed by atoms with Crippen molar-refractivity contribution in [2.24, 2.45) is 0 Å². The van der Waals surface area contributed by atoms with Gasteiger partial charge in [0.2, 0.25) is 0 Å². The van der Waals surface area contributed by atoms with E-state index in [2.05, 4.69) is 22.0 Å². The fourth-order valence-corrected chi connectivity index (χ4v) is 5.69. The van der Waals surface area contributed by atoms with Crippen molar-refractivity contribution >= 4 is 12.1 Å². The molecular weight excluding hydrogens is 363 g/mol. The van der Waals surface area contributed by atoms with Gasteiger partial charge < -0.3 is 19.9 Å². The molecule has 0 aromatic rings. The third-order valence-corrected chi connectivity index (χ3v) is 7.26. The fraction of sp³-hybridized carbons (Fsp3) is 0.900. The third-order valence-electron chi connectivity index (χ3n) is 7.26.